The third kappa shape index (κ3) is 5.54. The van der Waals surface area contributed by atoms with Gasteiger partial charge in [-0.1, -0.05) is 69.6 Å². The van der Waals surface area contributed by atoms with Crippen LogP contribution >= 0.6 is 93.1 Å². The lowest BCUT2D eigenvalue weighted by Gasteiger charge is -2.23. The Hall–Kier alpha value is -0.190. The Bertz CT molecular complexity index is 1060. The average molecular weight is 567 g/mol. The zero-order valence-corrected chi connectivity index (χ0v) is 20.7. The van der Waals surface area contributed by atoms with Gasteiger partial charge in [-0.2, -0.15) is 10.5 Å². The standard InChI is InChI=1S/C16H6Cl6N2O2S3/c17-9-3-13(21)11(19)1-7(9)15(27-5-23)29(25,26)16(28-6-24)8-2-12(20)14(22)4-10(8)18/h1-4,15-16H. The van der Waals surface area contributed by atoms with Crippen molar-refractivity contribution in [3.05, 3.63) is 65.5 Å². The highest BCUT2D eigenvalue weighted by atomic mass is 35.5. The summed E-state index contributed by atoms with van der Waals surface area (Å²) >= 11 is 37.1. The van der Waals surface area contributed by atoms with Crippen molar-refractivity contribution in [2.75, 3.05) is 0 Å². The molecule has 2 aromatic carbocycles. The Labute approximate surface area is 205 Å². The molecule has 0 radical (unpaired) electrons. The summed E-state index contributed by atoms with van der Waals surface area (Å²) in [6.07, 6.45) is 0. The van der Waals surface area contributed by atoms with E-state index in [0.29, 0.717) is 23.5 Å². The molecule has 2 unspecified atom stereocenters. The number of hydrogen-bond donors (Lipinski definition) is 0. The second kappa shape index (κ2) is 10.4. The van der Waals surface area contributed by atoms with Crippen molar-refractivity contribution >= 4 is 103 Å². The molecule has 0 N–H and O–H groups in total. The molecule has 0 aliphatic carbocycles. The number of thiocyanates is 2. The average Bonchev–Trinajstić information content (AvgIpc) is 2.64. The van der Waals surface area contributed by atoms with Crippen LogP contribution in [0.4, 0.5) is 0 Å². The molecule has 0 saturated heterocycles. The van der Waals surface area contributed by atoms with Crippen molar-refractivity contribution in [3.63, 3.8) is 0 Å². The van der Waals surface area contributed by atoms with Gasteiger partial charge < -0.3 is 0 Å². The second-order valence-corrected chi connectivity index (χ2v) is 12.2. The van der Waals surface area contributed by atoms with Gasteiger partial charge in [0.05, 0.1) is 20.1 Å². The second-order valence-electron chi connectivity index (χ2n) is 5.25. The first kappa shape index (κ1) is 25.1. The molecule has 29 heavy (non-hydrogen) atoms. The molecule has 4 nitrogen and oxygen atoms in total. The number of nitriles is 2. The van der Waals surface area contributed by atoms with E-state index in [4.69, 9.17) is 69.6 Å². The molecular formula is C16H6Cl6N2O2S3. The van der Waals surface area contributed by atoms with Crippen LogP contribution in [0.5, 0.6) is 0 Å². The number of rotatable bonds is 6. The summed E-state index contributed by atoms with van der Waals surface area (Å²) in [6.45, 7) is 0. The highest BCUT2D eigenvalue weighted by Crippen LogP contribution is 2.50. The minimum atomic E-state index is -4.29. The van der Waals surface area contributed by atoms with E-state index in [-0.39, 0.29) is 41.3 Å². The van der Waals surface area contributed by atoms with E-state index in [9.17, 15) is 18.9 Å². The summed E-state index contributed by atoms with van der Waals surface area (Å²) in [5.74, 6) is 0. The fourth-order valence-corrected chi connectivity index (χ4v) is 8.21. The maximum absolute atomic E-state index is 13.5. The van der Waals surface area contributed by atoms with Crippen molar-refractivity contribution in [1.82, 2.24) is 0 Å². The molecule has 0 aliphatic heterocycles. The molecule has 0 saturated carbocycles. The summed E-state index contributed by atoms with van der Waals surface area (Å²) in [6, 6.07) is 5.09. The highest BCUT2D eigenvalue weighted by molar-refractivity contribution is 8.22. The van der Waals surface area contributed by atoms with Gasteiger partial charge in [0.15, 0.2) is 9.84 Å². The number of thioether (sulfide) groups is 2. The van der Waals surface area contributed by atoms with Crippen molar-refractivity contribution < 1.29 is 8.42 Å². The van der Waals surface area contributed by atoms with Crippen LogP contribution in [0, 0.1) is 21.3 Å². The molecule has 0 spiro atoms. The Morgan fingerprint density at radius 1 is 0.655 bits per heavy atom. The van der Waals surface area contributed by atoms with Crippen molar-refractivity contribution in [1.29, 1.82) is 10.5 Å². The minimum absolute atomic E-state index is 0.00309. The first-order chi connectivity index (χ1) is 13.5. The summed E-state index contributed by atoms with van der Waals surface area (Å²) in [5, 5.41) is 22.2. The predicted octanol–water partition coefficient (Wildman–Crippen LogP) is 8.15. The van der Waals surface area contributed by atoms with Crippen molar-refractivity contribution in [2.45, 2.75) is 9.16 Å². The lowest BCUT2D eigenvalue weighted by atomic mass is 10.2. The van der Waals surface area contributed by atoms with Gasteiger partial charge in [-0.05, 0) is 47.8 Å². The lowest BCUT2D eigenvalue weighted by Crippen LogP contribution is -2.18. The molecule has 0 aliphatic rings. The monoisotopic (exact) mass is 564 g/mol. The number of nitrogens with zero attached hydrogens (tertiary/aromatic N) is 2. The number of halogens is 6. The van der Waals surface area contributed by atoms with Crippen LogP contribution in [0.1, 0.15) is 20.3 Å². The predicted molar refractivity (Wildman–Crippen MR) is 124 cm³/mol. The lowest BCUT2D eigenvalue weighted by molar-refractivity contribution is 0.592. The highest BCUT2D eigenvalue weighted by Gasteiger charge is 2.40. The maximum Gasteiger partial charge on any atom is 0.185 e. The van der Waals surface area contributed by atoms with E-state index in [1.807, 2.05) is 0 Å². The third-order valence-corrected chi connectivity index (χ3v) is 10.6. The Kier molecular flexibility index (Phi) is 9.00. The molecule has 13 heteroatoms. The Morgan fingerprint density at radius 3 is 1.28 bits per heavy atom. The van der Waals surface area contributed by atoms with Crippen LogP contribution in [-0.2, 0) is 9.84 Å². The summed E-state index contributed by atoms with van der Waals surface area (Å²) < 4.78 is 24.0. The first-order valence-corrected chi connectivity index (χ1v) is 12.8. The summed E-state index contributed by atoms with van der Waals surface area (Å²) in [5.41, 5.74) is 0.0969. The molecule has 0 heterocycles. The van der Waals surface area contributed by atoms with E-state index >= 15 is 0 Å². The fraction of sp³-hybridized carbons (Fsp3) is 0.125. The van der Waals surface area contributed by atoms with Crippen LogP contribution < -0.4 is 0 Å². The summed E-state index contributed by atoms with van der Waals surface area (Å²) in [4.78, 5) is 0. The minimum Gasteiger partial charge on any atom is -0.226 e. The number of hydrogen-bond acceptors (Lipinski definition) is 6. The van der Waals surface area contributed by atoms with Crippen LogP contribution in [0.25, 0.3) is 0 Å². The van der Waals surface area contributed by atoms with Gasteiger partial charge in [0, 0.05) is 21.2 Å². The summed E-state index contributed by atoms with van der Waals surface area (Å²) in [7, 11) is -4.29. The molecule has 2 atom stereocenters. The van der Waals surface area contributed by atoms with E-state index in [2.05, 4.69) is 0 Å². The van der Waals surface area contributed by atoms with E-state index < -0.39 is 19.0 Å². The van der Waals surface area contributed by atoms with Gasteiger partial charge in [-0.15, -0.1) is 0 Å². The van der Waals surface area contributed by atoms with Gasteiger partial charge in [0.1, 0.15) is 20.0 Å². The topological polar surface area (TPSA) is 81.7 Å². The Balaban J connectivity index is 2.72. The van der Waals surface area contributed by atoms with Gasteiger partial charge in [-0.25, -0.2) is 8.42 Å². The van der Waals surface area contributed by atoms with E-state index in [1.54, 1.807) is 10.8 Å². The van der Waals surface area contributed by atoms with E-state index in [0.717, 1.165) is 0 Å². The zero-order chi connectivity index (χ0) is 21.9. The number of benzene rings is 2. The molecule has 2 rings (SSSR count). The molecule has 0 amide bonds. The van der Waals surface area contributed by atoms with Crippen molar-refractivity contribution in [2.24, 2.45) is 0 Å². The SMILES string of the molecule is N#CSC(c1cc(Cl)c(Cl)cc1Cl)S(=O)(=O)C(SC#N)c1cc(Cl)c(Cl)cc1Cl. The maximum atomic E-state index is 13.5. The zero-order valence-electron chi connectivity index (χ0n) is 13.7. The van der Waals surface area contributed by atoms with E-state index in [1.165, 1.54) is 24.3 Å². The largest absolute Gasteiger partial charge is 0.226 e. The molecular weight excluding hydrogens is 561 g/mol. The molecule has 2 aromatic rings. The quantitative estimate of drug-likeness (QED) is 0.259. The molecule has 0 bridgehead atoms. The van der Waals surface area contributed by atoms with Crippen LogP contribution in [-0.4, -0.2) is 8.42 Å². The van der Waals surface area contributed by atoms with Crippen LogP contribution in [0.2, 0.25) is 30.1 Å². The van der Waals surface area contributed by atoms with Crippen LogP contribution in [0.3, 0.4) is 0 Å². The Morgan fingerprint density at radius 2 is 0.966 bits per heavy atom. The molecule has 0 fully saturated rings. The van der Waals surface area contributed by atoms with Crippen molar-refractivity contribution in [3.8, 4) is 10.8 Å². The third-order valence-electron chi connectivity index (χ3n) is 3.50. The van der Waals surface area contributed by atoms with Gasteiger partial charge in [0.2, 0.25) is 0 Å². The fourth-order valence-electron chi connectivity index (χ4n) is 2.26. The van der Waals surface area contributed by atoms with Gasteiger partial charge >= 0.3 is 0 Å². The van der Waals surface area contributed by atoms with Gasteiger partial charge in [0.25, 0.3) is 0 Å². The normalized spacial score (nSPS) is 13.4. The van der Waals surface area contributed by atoms with Gasteiger partial charge in [-0.3, -0.25) is 0 Å². The first-order valence-electron chi connectivity index (χ1n) is 7.15. The molecule has 152 valence electrons. The smallest absolute Gasteiger partial charge is 0.185 e. The molecule has 0 aromatic heterocycles. The van der Waals surface area contributed by atoms with Crippen LogP contribution in [0.15, 0.2) is 24.3 Å². The number of sulfone groups is 1.